The fourth-order valence-electron chi connectivity index (χ4n) is 2.62. The number of hydrogen-bond acceptors (Lipinski definition) is 5. The minimum atomic E-state index is -0.457. The van der Waals surface area contributed by atoms with Gasteiger partial charge in [-0.15, -0.1) is 0 Å². The highest BCUT2D eigenvalue weighted by molar-refractivity contribution is 5.87. The van der Waals surface area contributed by atoms with Gasteiger partial charge in [0.25, 0.3) is 0 Å². The fourth-order valence-corrected chi connectivity index (χ4v) is 2.62. The van der Waals surface area contributed by atoms with Crippen molar-refractivity contribution in [2.24, 2.45) is 5.92 Å². The van der Waals surface area contributed by atoms with E-state index in [9.17, 15) is 4.79 Å². The van der Waals surface area contributed by atoms with Crippen LogP contribution in [-0.4, -0.2) is 29.1 Å². The van der Waals surface area contributed by atoms with Crippen molar-refractivity contribution in [3.8, 4) is 0 Å². The smallest absolute Gasteiger partial charge is 0.358 e. The average molecular weight is 263 g/mol. The first-order valence-electron chi connectivity index (χ1n) is 6.87. The van der Waals surface area contributed by atoms with E-state index in [1.165, 1.54) is 45.4 Å². The van der Waals surface area contributed by atoms with E-state index in [4.69, 9.17) is 0 Å². The van der Waals surface area contributed by atoms with Crippen molar-refractivity contribution in [2.75, 3.05) is 12.4 Å². The fraction of sp³-hybridized carbons (Fsp3) is 0.643. The number of aromatic nitrogens is 2. The predicted molar refractivity (Wildman–Crippen MR) is 73.0 cm³/mol. The van der Waals surface area contributed by atoms with Gasteiger partial charge in [0, 0.05) is 6.04 Å². The molecule has 1 aromatic heterocycles. The first-order valence-corrected chi connectivity index (χ1v) is 6.87. The monoisotopic (exact) mass is 263 g/mol. The van der Waals surface area contributed by atoms with Crippen LogP contribution in [0.4, 0.5) is 5.82 Å². The topological polar surface area (TPSA) is 64.1 Å². The molecule has 2 rings (SSSR count). The Kier molecular flexibility index (Phi) is 4.71. The largest absolute Gasteiger partial charge is 0.464 e. The van der Waals surface area contributed by atoms with Gasteiger partial charge < -0.3 is 10.1 Å². The molecule has 0 spiro atoms. The third kappa shape index (κ3) is 3.66. The molecule has 1 N–H and O–H groups in total. The van der Waals surface area contributed by atoms with Gasteiger partial charge in [0.2, 0.25) is 0 Å². The molecule has 1 atom stereocenters. The van der Waals surface area contributed by atoms with Crippen LogP contribution >= 0.6 is 0 Å². The Morgan fingerprint density at radius 1 is 1.37 bits per heavy atom. The normalized spacial score (nSPS) is 17.8. The van der Waals surface area contributed by atoms with E-state index >= 15 is 0 Å². The lowest BCUT2D eigenvalue weighted by Gasteiger charge is -2.28. The van der Waals surface area contributed by atoms with Crippen LogP contribution in [0.5, 0.6) is 0 Å². The van der Waals surface area contributed by atoms with E-state index in [0.717, 1.165) is 0 Å². The summed E-state index contributed by atoms with van der Waals surface area (Å²) in [6.07, 6.45) is 9.56. The van der Waals surface area contributed by atoms with Gasteiger partial charge in [-0.2, -0.15) is 0 Å². The molecule has 0 bridgehead atoms. The molecule has 1 fully saturated rings. The summed E-state index contributed by atoms with van der Waals surface area (Å²) in [6, 6.07) is 0.350. The second-order valence-corrected chi connectivity index (χ2v) is 5.11. The Labute approximate surface area is 113 Å². The SMILES string of the molecule is COC(=O)c1cncc(NC(C)C2CCCCC2)n1. The average Bonchev–Trinajstić information content (AvgIpc) is 2.47. The molecule has 1 saturated carbocycles. The minimum Gasteiger partial charge on any atom is -0.464 e. The lowest BCUT2D eigenvalue weighted by atomic mass is 9.84. The van der Waals surface area contributed by atoms with Gasteiger partial charge in [0.1, 0.15) is 5.82 Å². The molecule has 1 aliphatic carbocycles. The predicted octanol–water partition coefficient (Wildman–Crippen LogP) is 2.64. The number of anilines is 1. The molecule has 5 heteroatoms. The van der Waals surface area contributed by atoms with Crippen molar-refractivity contribution in [1.82, 2.24) is 9.97 Å². The maximum Gasteiger partial charge on any atom is 0.358 e. The lowest BCUT2D eigenvalue weighted by molar-refractivity contribution is 0.0593. The number of nitrogens with zero attached hydrogens (tertiary/aromatic N) is 2. The van der Waals surface area contributed by atoms with Crippen molar-refractivity contribution < 1.29 is 9.53 Å². The van der Waals surface area contributed by atoms with Gasteiger partial charge in [0.05, 0.1) is 19.5 Å². The summed E-state index contributed by atoms with van der Waals surface area (Å²) in [5, 5.41) is 3.35. The Morgan fingerprint density at radius 2 is 2.11 bits per heavy atom. The van der Waals surface area contributed by atoms with Crippen LogP contribution in [0.3, 0.4) is 0 Å². The maximum atomic E-state index is 11.4. The Hall–Kier alpha value is -1.65. The highest BCUT2D eigenvalue weighted by atomic mass is 16.5. The number of carbonyl (C=O) groups excluding carboxylic acids is 1. The molecule has 0 aliphatic heterocycles. The van der Waals surface area contributed by atoms with Crippen LogP contribution in [0.1, 0.15) is 49.5 Å². The molecule has 5 nitrogen and oxygen atoms in total. The summed E-state index contributed by atoms with van der Waals surface area (Å²) in [4.78, 5) is 19.7. The van der Waals surface area contributed by atoms with Gasteiger partial charge in [-0.05, 0) is 25.7 Å². The number of esters is 1. The van der Waals surface area contributed by atoms with E-state index in [-0.39, 0.29) is 5.69 Å². The third-order valence-corrected chi connectivity index (χ3v) is 3.76. The van der Waals surface area contributed by atoms with Gasteiger partial charge in [0.15, 0.2) is 5.69 Å². The zero-order chi connectivity index (χ0) is 13.7. The molecule has 0 amide bonds. The summed E-state index contributed by atoms with van der Waals surface area (Å²) in [6.45, 7) is 2.17. The molecule has 19 heavy (non-hydrogen) atoms. The van der Waals surface area contributed by atoms with Crippen molar-refractivity contribution >= 4 is 11.8 Å². The van der Waals surface area contributed by atoms with Crippen LogP contribution in [0.15, 0.2) is 12.4 Å². The van der Waals surface area contributed by atoms with Gasteiger partial charge >= 0.3 is 5.97 Å². The van der Waals surface area contributed by atoms with Crippen LogP contribution in [0, 0.1) is 5.92 Å². The molecule has 104 valence electrons. The molecule has 0 aromatic carbocycles. The highest BCUT2D eigenvalue weighted by Gasteiger charge is 2.20. The van der Waals surface area contributed by atoms with Crippen LogP contribution < -0.4 is 5.32 Å². The van der Waals surface area contributed by atoms with Crippen LogP contribution in [-0.2, 0) is 4.74 Å². The summed E-state index contributed by atoms with van der Waals surface area (Å²) in [5.41, 5.74) is 0.239. The van der Waals surface area contributed by atoms with Crippen molar-refractivity contribution in [3.63, 3.8) is 0 Å². The second-order valence-electron chi connectivity index (χ2n) is 5.11. The quantitative estimate of drug-likeness (QED) is 0.846. The first kappa shape index (κ1) is 13.8. The summed E-state index contributed by atoms with van der Waals surface area (Å²) in [7, 11) is 1.34. The molecule has 0 radical (unpaired) electrons. The molecule has 1 aromatic rings. The lowest BCUT2D eigenvalue weighted by Crippen LogP contribution is -2.28. The number of nitrogens with one attached hydrogen (secondary N) is 1. The number of hydrogen-bond donors (Lipinski definition) is 1. The molecule has 1 unspecified atom stereocenters. The molecule has 1 aliphatic rings. The number of rotatable bonds is 4. The Morgan fingerprint density at radius 3 is 2.79 bits per heavy atom. The number of ether oxygens (including phenoxy) is 1. The standard InChI is InChI=1S/C14H21N3O2/c1-10(11-6-4-3-5-7-11)16-13-9-15-8-12(17-13)14(18)19-2/h8-11H,3-7H2,1-2H3,(H,16,17). The van der Waals surface area contributed by atoms with Crippen molar-refractivity contribution in [2.45, 2.75) is 45.1 Å². The van der Waals surface area contributed by atoms with E-state index in [1.807, 2.05) is 0 Å². The van der Waals surface area contributed by atoms with Gasteiger partial charge in [-0.3, -0.25) is 4.98 Å². The molecular formula is C14H21N3O2. The van der Waals surface area contributed by atoms with E-state index in [2.05, 4.69) is 26.9 Å². The van der Waals surface area contributed by atoms with E-state index in [0.29, 0.717) is 17.8 Å². The van der Waals surface area contributed by atoms with E-state index < -0.39 is 5.97 Å². The van der Waals surface area contributed by atoms with Crippen LogP contribution in [0.2, 0.25) is 0 Å². The maximum absolute atomic E-state index is 11.4. The van der Waals surface area contributed by atoms with Crippen molar-refractivity contribution in [1.29, 1.82) is 0 Å². The molecular weight excluding hydrogens is 242 g/mol. The number of carbonyl (C=O) groups is 1. The Bertz CT molecular complexity index is 430. The zero-order valence-corrected chi connectivity index (χ0v) is 11.6. The highest BCUT2D eigenvalue weighted by Crippen LogP contribution is 2.27. The van der Waals surface area contributed by atoms with Crippen LogP contribution in [0.25, 0.3) is 0 Å². The summed E-state index contributed by atoms with van der Waals surface area (Å²) >= 11 is 0. The molecule has 0 saturated heterocycles. The Balaban J connectivity index is 1.99. The third-order valence-electron chi connectivity index (χ3n) is 3.76. The summed E-state index contributed by atoms with van der Waals surface area (Å²) in [5.74, 6) is 0.861. The molecule has 1 heterocycles. The van der Waals surface area contributed by atoms with Gasteiger partial charge in [-0.25, -0.2) is 9.78 Å². The zero-order valence-electron chi connectivity index (χ0n) is 11.6. The minimum absolute atomic E-state index is 0.239. The first-order chi connectivity index (χ1) is 9.20. The van der Waals surface area contributed by atoms with Gasteiger partial charge in [-0.1, -0.05) is 19.3 Å². The second kappa shape index (κ2) is 6.50. The summed E-state index contributed by atoms with van der Waals surface area (Å²) < 4.78 is 4.64. The number of methoxy groups -OCH3 is 1. The van der Waals surface area contributed by atoms with Crippen molar-refractivity contribution in [3.05, 3.63) is 18.1 Å². The van der Waals surface area contributed by atoms with E-state index in [1.54, 1.807) is 6.20 Å².